The van der Waals surface area contributed by atoms with Crippen molar-refractivity contribution < 1.29 is 13.7 Å². The highest BCUT2D eigenvalue weighted by atomic mass is 35.5. The zero-order chi connectivity index (χ0) is 14.9. The van der Waals surface area contributed by atoms with Crippen LogP contribution in [0.25, 0.3) is 5.69 Å². The molecule has 0 radical (unpaired) electrons. The third-order valence-electron chi connectivity index (χ3n) is 2.66. The van der Waals surface area contributed by atoms with Crippen LogP contribution in [-0.2, 0) is 0 Å². The molecule has 0 aliphatic rings. The highest BCUT2D eigenvalue weighted by Gasteiger charge is 2.25. The van der Waals surface area contributed by atoms with Crippen LogP contribution in [0, 0.1) is 21.7 Å². The number of aromatic nitrogens is 3. The predicted molar refractivity (Wildman–Crippen MR) is 66.8 cm³/mol. The van der Waals surface area contributed by atoms with Gasteiger partial charge in [-0.3, -0.25) is 10.1 Å². The summed E-state index contributed by atoms with van der Waals surface area (Å²) in [6.45, 7) is 1.81. The zero-order valence-corrected chi connectivity index (χ0v) is 11.0. The fourth-order valence-electron chi connectivity index (χ4n) is 1.63. The largest absolute Gasteiger partial charge is 0.298 e. The Morgan fingerprint density at radius 2 is 2.20 bits per heavy atom. The maximum atomic E-state index is 13.8. The average Bonchev–Trinajstić information content (AvgIpc) is 2.89. The van der Waals surface area contributed by atoms with Crippen molar-refractivity contribution in [3.05, 3.63) is 45.8 Å². The number of alkyl halides is 1. The van der Waals surface area contributed by atoms with Gasteiger partial charge in [-0.2, -0.15) is 0 Å². The molecule has 9 heteroatoms. The molecule has 0 aliphatic carbocycles. The third-order valence-corrected chi connectivity index (χ3v) is 3.20. The van der Waals surface area contributed by atoms with E-state index in [0.717, 1.165) is 10.7 Å². The van der Waals surface area contributed by atoms with E-state index >= 15 is 0 Å². The number of nitrogens with zero attached hydrogens (tertiary/aromatic N) is 4. The van der Waals surface area contributed by atoms with E-state index in [1.807, 2.05) is 6.92 Å². The summed E-state index contributed by atoms with van der Waals surface area (Å²) in [5.41, 5.74) is -0.885. The lowest BCUT2D eigenvalue weighted by molar-refractivity contribution is -0.384. The average molecular weight is 303 g/mol. The van der Waals surface area contributed by atoms with Crippen molar-refractivity contribution in [2.45, 2.75) is 18.7 Å². The fourth-order valence-corrected chi connectivity index (χ4v) is 1.73. The van der Waals surface area contributed by atoms with Gasteiger partial charge in [0.05, 0.1) is 16.5 Å². The smallest absolute Gasteiger partial charge is 0.258 e. The first kappa shape index (κ1) is 14.3. The molecule has 1 unspecified atom stereocenters. The van der Waals surface area contributed by atoms with E-state index in [2.05, 4.69) is 10.3 Å². The van der Waals surface area contributed by atoms with Crippen molar-refractivity contribution >= 4 is 17.3 Å². The topological polar surface area (TPSA) is 73.8 Å². The molecule has 1 aromatic carbocycles. The molecule has 1 aromatic heterocycles. The third kappa shape index (κ3) is 2.46. The van der Waals surface area contributed by atoms with Crippen LogP contribution in [0.4, 0.5) is 14.5 Å². The second-order valence-corrected chi connectivity index (χ2v) is 4.48. The van der Waals surface area contributed by atoms with Gasteiger partial charge in [-0.1, -0.05) is 12.1 Å². The lowest BCUT2D eigenvalue weighted by atomic mass is 10.2. The quantitative estimate of drug-likeness (QED) is 0.494. The molecule has 0 saturated carbocycles. The van der Waals surface area contributed by atoms with Crippen LogP contribution in [0.2, 0.25) is 0 Å². The first-order valence-corrected chi connectivity index (χ1v) is 6.08. The molecule has 0 N–H and O–H groups in total. The normalized spacial score (nSPS) is 12.4. The second kappa shape index (κ2) is 5.49. The molecule has 0 amide bonds. The minimum absolute atomic E-state index is 0.326. The Kier molecular flexibility index (Phi) is 3.93. The van der Waals surface area contributed by atoms with Crippen molar-refractivity contribution in [2.24, 2.45) is 0 Å². The summed E-state index contributed by atoms with van der Waals surface area (Å²) in [5.74, 6) is -2.57. The molecule has 20 heavy (non-hydrogen) atoms. The molecule has 6 nitrogen and oxygen atoms in total. The summed E-state index contributed by atoms with van der Waals surface area (Å²) in [6, 6.07) is 1.55. The second-order valence-electron chi connectivity index (χ2n) is 3.95. The Labute approximate surface area is 117 Å². The van der Waals surface area contributed by atoms with E-state index in [1.54, 1.807) is 0 Å². The number of hydrogen-bond acceptors (Lipinski definition) is 4. The maximum absolute atomic E-state index is 13.8. The van der Waals surface area contributed by atoms with Crippen LogP contribution >= 0.6 is 11.6 Å². The van der Waals surface area contributed by atoms with Crippen molar-refractivity contribution in [1.82, 2.24) is 15.0 Å². The molecule has 1 atom stereocenters. The number of rotatable bonds is 4. The number of nitro benzene ring substituents is 1. The van der Waals surface area contributed by atoms with Gasteiger partial charge in [0.25, 0.3) is 5.69 Å². The monoisotopic (exact) mass is 302 g/mol. The summed E-state index contributed by atoms with van der Waals surface area (Å²) in [7, 11) is 0. The molecule has 0 spiro atoms. The first-order chi connectivity index (χ1) is 9.45. The van der Waals surface area contributed by atoms with Crippen molar-refractivity contribution in [3.8, 4) is 5.69 Å². The van der Waals surface area contributed by atoms with E-state index in [4.69, 9.17) is 11.6 Å². The lowest BCUT2D eigenvalue weighted by Crippen LogP contribution is -2.05. The fraction of sp³-hybridized carbons (Fsp3) is 0.273. The van der Waals surface area contributed by atoms with Crippen molar-refractivity contribution in [2.75, 3.05) is 0 Å². The standard InChI is InChI=1S/C11H9ClF2N4O2/c1-2-6(12)8-5-17(16-15-8)11-9(18(19)20)4-3-7(13)10(11)14/h3-6H,2H2,1H3. The Hall–Kier alpha value is -2.09. The van der Waals surface area contributed by atoms with E-state index in [1.165, 1.54) is 6.20 Å². The Morgan fingerprint density at radius 1 is 1.50 bits per heavy atom. The molecule has 2 rings (SSSR count). The highest BCUT2D eigenvalue weighted by Crippen LogP contribution is 2.28. The molecule has 2 aromatic rings. The zero-order valence-electron chi connectivity index (χ0n) is 10.3. The van der Waals surface area contributed by atoms with E-state index in [0.29, 0.717) is 18.2 Å². The molecule has 0 saturated heterocycles. The summed E-state index contributed by atoms with van der Waals surface area (Å²) in [4.78, 5) is 10.1. The van der Waals surface area contributed by atoms with E-state index in [9.17, 15) is 18.9 Å². The number of hydrogen-bond donors (Lipinski definition) is 0. The van der Waals surface area contributed by atoms with Crippen LogP contribution in [-0.4, -0.2) is 19.9 Å². The van der Waals surface area contributed by atoms with Crippen LogP contribution in [0.15, 0.2) is 18.3 Å². The van der Waals surface area contributed by atoms with E-state index < -0.39 is 33.3 Å². The Balaban J connectivity index is 2.59. The Bertz CT molecular complexity index is 662. The first-order valence-electron chi connectivity index (χ1n) is 5.64. The molecule has 0 bridgehead atoms. The molecule has 1 heterocycles. The number of benzene rings is 1. The van der Waals surface area contributed by atoms with Gasteiger partial charge in [-0.15, -0.1) is 16.7 Å². The number of halogens is 3. The SMILES string of the molecule is CCC(Cl)c1cn(-c2c([N+](=O)[O-])ccc(F)c2F)nn1. The van der Waals surface area contributed by atoms with Crippen LogP contribution in [0.1, 0.15) is 24.4 Å². The molecule has 0 fully saturated rings. The predicted octanol–water partition coefficient (Wildman–Crippen LogP) is 3.14. The summed E-state index contributed by atoms with van der Waals surface area (Å²) < 4.78 is 27.9. The van der Waals surface area contributed by atoms with Crippen molar-refractivity contribution in [1.29, 1.82) is 0 Å². The lowest BCUT2D eigenvalue weighted by Gasteiger charge is -2.04. The van der Waals surface area contributed by atoms with Gasteiger partial charge in [0.2, 0.25) is 0 Å². The van der Waals surface area contributed by atoms with Crippen LogP contribution in [0.5, 0.6) is 0 Å². The van der Waals surface area contributed by atoms with Gasteiger partial charge in [-0.25, -0.2) is 13.5 Å². The molecular formula is C11H9ClF2N4O2. The van der Waals surface area contributed by atoms with Gasteiger partial charge >= 0.3 is 0 Å². The minimum atomic E-state index is -1.36. The van der Waals surface area contributed by atoms with Gasteiger partial charge in [-0.05, 0) is 12.5 Å². The summed E-state index contributed by atoms with van der Waals surface area (Å²) in [6.07, 6.45) is 1.79. The highest BCUT2D eigenvalue weighted by molar-refractivity contribution is 6.20. The molecule has 106 valence electrons. The van der Waals surface area contributed by atoms with Gasteiger partial charge in [0, 0.05) is 6.07 Å². The van der Waals surface area contributed by atoms with Gasteiger partial charge in [0.1, 0.15) is 5.69 Å². The number of nitro groups is 1. The van der Waals surface area contributed by atoms with Crippen LogP contribution < -0.4 is 0 Å². The van der Waals surface area contributed by atoms with Crippen molar-refractivity contribution in [3.63, 3.8) is 0 Å². The van der Waals surface area contributed by atoms with Crippen LogP contribution in [0.3, 0.4) is 0 Å². The summed E-state index contributed by atoms with van der Waals surface area (Å²) in [5, 5.41) is 17.7. The molecule has 0 aliphatic heterocycles. The van der Waals surface area contributed by atoms with Gasteiger partial charge < -0.3 is 0 Å². The van der Waals surface area contributed by atoms with E-state index in [-0.39, 0.29) is 0 Å². The molecular weight excluding hydrogens is 294 g/mol. The maximum Gasteiger partial charge on any atom is 0.298 e. The minimum Gasteiger partial charge on any atom is -0.258 e. The Morgan fingerprint density at radius 3 is 2.80 bits per heavy atom. The summed E-state index contributed by atoms with van der Waals surface area (Å²) >= 11 is 5.95. The van der Waals surface area contributed by atoms with Gasteiger partial charge in [0.15, 0.2) is 17.3 Å².